The van der Waals surface area contributed by atoms with Crippen molar-refractivity contribution in [2.24, 2.45) is 0 Å². The molecule has 0 fully saturated rings. The molecule has 0 aromatic carbocycles. The van der Waals surface area contributed by atoms with Gasteiger partial charge >= 0.3 is 23.9 Å². The molecule has 0 aliphatic carbocycles. The van der Waals surface area contributed by atoms with E-state index in [-0.39, 0.29) is 0 Å². The molecule has 10 nitrogen and oxygen atoms in total. The van der Waals surface area contributed by atoms with Crippen molar-refractivity contribution in [2.45, 2.75) is 26.1 Å². The molecule has 0 aliphatic heterocycles. The zero-order valence-electron chi connectivity index (χ0n) is 10.3. The van der Waals surface area contributed by atoms with Crippen LogP contribution < -0.4 is 0 Å². The minimum Gasteiger partial charge on any atom is -0.478 e. The zero-order valence-corrected chi connectivity index (χ0v) is 10.3. The highest BCUT2D eigenvalue weighted by Crippen LogP contribution is 2.08. The average molecular weight is 290 g/mol. The number of carboxylic acids is 2. The van der Waals surface area contributed by atoms with Gasteiger partial charge in [0.2, 0.25) is 23.8 Å². The third kappa shape index (κ3) is 4.84. The summed E-state index contributed by atoms with van der Waals surface area (Å²) in [6, 6.07) is 0. The highest BCUT2D eigenvalue weighted by Gasteiger charge is 2.41. The lowest BCUT2D eigenvalue weighted by molar-refractivity contribution is -0.188. The Labute approximate surface area is 111 Å². The molecule has 2 unspecified atom stereocenters. The Kier molecular flexibility index (Phi) is 6.00. The number of ether oxygens (including phenoxy) is 2. The number of hydrogen-bond acceptors (Lipinski definition) is 8. The number of carbonyl (C=O) groups is 6. The molecule has 0 aromatic rings. The second-order valence-corrected chi connectivity index (χ2v) is 3.44. The molecular formula is C10H10O10. The molecule has 0 rings (SSSR count). The Morgan fingerprint density at radius 2 is 0.950 bits per heavy atom. The fraction of sp³-hybridized carbons (Fsp3) is 0.400. The Morgan fingerprint density at radius 3 is 1.10 bits per heavy atom. The first kappa shape index (κ1) is 17.2. The molecule has 0 saturated heterocycles. The molecule has 0 bridgehead atoms. The fourth-order valence-electron chi connectivity index (χ4n) is 0.880. The fourth-order valence-corrected chi connectivity index (χ4v) is 0.880. The van der Waals surface area contributed by atoms with Crippen LogP contribution in [0.1, 0.15) is 13.8 Å². The first-order valence-corrected chi connectivity index (χ1v) is 4.96. The molecule has 10 heteroatoms. The van der Waals surface area contributed by atoms with Crippen LogP contribution in [0.2, 0.25) is 0 Å². The van der Waals surface area contributed by atoms with Crippen LogP contribution in [0.25, 0.3) is 0 Å². The molecule has 20 heavy (non-hydrogen) atoms. The van der Waals surface area contributed by atoms with Gasteiger partial charge < -0.3 is 19.7 Å². The molecule has 0 aliphatic rings. The van der Waals surface area contributed by atoms with Crippen LogP contribution in [0.3, 0.4) is 0 Å². The Bertz CT molecular complexity index is 432. The molecule has 2 N–H and O–H groups in total. The van der Waals surface area contributed by atoms with E-state index in [1.807, 2.05) is 0 Å². The maximum absolute atomic E-state index is 11.0. The molecule has 0 heterocycles. The summed E-state index contributed by atoms with van der Waals surface area (Å²) in [5.41, 5.74) is 0. The van der Waals surface area contributed by atoms with Gasteiger partial charge in [-0.2, -0.15) is 0 Å². The summed E-state index contributed by atoms with van der Waals surface area (Å²) in [6.45, 7) is 1.52. The van der Waals surface area contributed by atoms with Crippen molar-refractivity contribution < 1.29 is 48.5 Å². The van der Waals surface area contributed by atoms with Gasteiger partial charge in [-0.25, -0.2) is 19.2 Å². The van der Waals surface area contributed by atoms with E-state index < -0.39 is 47.7 Å². The van der Waals surface area contributed by atoms with Crippen molar-refractivity contribution in [1.82, 2.24) is 0 Å². The minimum atomic E-state index is -2.47. The SMILES string of the molecule is CC(=O)C(=O)OC(C(=O)O)C(OC(=O)C(C)=O)C(=O)O. The van der Waals surface area contributed by atoms with Gasteiger partial charge in [0, 0.05) is 13.8 Å². The zero-order chi connectivity index (χ0) is 16.0. The van der Waals surface area contributed by atoms with Crippen LogP contribution in [-0.4, -0.2) is 57.9 Å². The van der Waals surface area contributed by atoms with Crippen molar-refractivity contribution in [2.75, 3.05) is 0 Å². The molecule has 0 radical (unpaired) electrons. The van der Waals surface area contributed by atoms with Crippen molar-refractivity contribution in [3.63, 3.8) is 0 Å². The lowest BCUT2D eigenvalue weighted by Gasteiger charge is -2.19. The number of carboxylic acid groups (broad SMARTS) is 2. The van der Waals surface area contributed by atoms with Gasteiger partial charge in [0.05, 0.1) is 0 Å². The van der Waals surface area contributed by atoms with Crippen LogP contribution in [0.5, 0.6) is 0 Å². The molecule has 0 amide bonds. The smallest absolute Gasteiger partial charge is 0.375 e. The van der Waals surface area contributed by atoms with E-state index >= 15 is 0 Å². The van der Waals surface area contributed by atoms with E-state index in [1.54, 1.807) is 0 Å². The van der Waals surface area contributed by atoms with Crippen molar-refractivity contribution in [3.8, 4) is 0 Å². The molecule has 0 spiro atoms. The van der Waals surface area contributed by atoms with Gasteiger partial charge in [0.1, 0.15) is 0 Å². The summed E-state index contributed by atoms with van der Waals surface area (Å²) in [4.78, 5) is 64.9. The van der Waals surface area contributed by atoms with E-state index in [1.165, 1.54) is 0 Å². The second-order valence-electron chi connectivity index (χ2n) is 3.44. The predicted octanol–water partition coefficient (Wildman–Crippen LogP) is -1.84. The number of carbonyl (C=O) groups excluding carboxylic acids is 4. The van der Waals surface area contributed by atoms with E-state index in [4.69, 9.17) is 10.2 Å². The molecular weight excluding hydrogens is 280 g/mol. The Balaban J connectivity index is 5.26. The van der Waals surface area contributed by atoms with Gasteiger partial charge in [-0.05, 0) is 0 Å². The summed E-state index contributed by atoms with van der Waals surface area (Å²) in [5.74, 6) is -9.55. The molecule has 110 valence electrons. The normalized spacial score (nSPS) is 12.7. The average Bonchev–Trinajstić information content (AvgIpc) is 2.31. The third-order valence-corrected chi connectivity index (χ3v) is 1.80. The Morgan fingerprint density at radius 1 is 0.700 bits per heavy atom. The number of aliphatic carboxylic acids is 2. The summed E-state index contributed by atoms with van der Waals surface area (Å²) < 4.78 is 8.24. The van der Waals surface area contributed by atoms with E-state index in [9.17, 15) is 28.8 Å². The standard InChI is InChI=1S/C10H10O10/c1-3(11)9(17)19-5(7(13)14)6(8(15)16)20-10(18)4(2)12/h5-6H,1-2H3,(H,13,14)(H,15,16). The van der Waals surface area contributed by atoms with Crippen LogP contribution in [0.15, 0.2) is 0 Å². The maximum atomic E-state index is 11.0. The minimum absolute atomic E-state index is 0.762. The summed E-state index contributed by atoms with van der Waals surface area (Å²) in [6.07, 6.45) is -4.93. The molecule has 0 aromatic heterocycles. The lowest BCUT2D eigenvalue weighted by atomic mass is 10.2. The number of Topliss-reactive ketones (excluding diaryl/α,β-unsaturated/α-hetero) is 2. The number of ketones is 2. The number of rotatable bonds is 7. The van der Waals surface area contributed by atoms with Crippen molar-refractivity contribution >= 4 is 35.4 Å². The van der Waals surface area contributed by atoms with Gasteiger partial charge in [0.25, 0.3) is 0 Å². The predicted molar refractivity (Wildman–Crippen MR) is 56.4 cm³/mol. The summed E-state index contributed by atoms with van der Waals surface area (Å²) >= 11 is 0. The third-order valence-electron chi connectivity index (χ3n) is 1.80. The summed E-state index contributed by atoms with van der Waals surface area (Å²) in [7, 11) is 0. The number of esters is 2. The van der Waals surface area contributed by atoms with Gasteiger partial charge in [-0.15, -0.1) is 0 Å². The quantitative estimate of drug-likeness (QED) is 0.402. The van der Waals surface area contributed by atoms with Crippen LogP contribution >= 0.6 is 0 Å². The van der Waals surface area contributed by atoms with Crippen molar-refractivity contribution in [3.05, 3.63) is 0 Å². The second kappa shape index (κ2) is 6.97. The van der Waals surface area contributed by atoms with Crippen LogP contribution in [0, 0.1) is 0 Å². The van der Waals surface area contributed by atoms with E-state index in [0.29, 0.717) is 0 Å². The Hall–Kier alpha value is -2.78. The largest absolute Gasteiger partial charge is 0.478 e. The maximum Gasteiger partial charge on any atom is 0.375 e. The van der Waals surface area contributed by atoms with Crippen molar-refractivity contribution in [1.29, 1.82) is 0 Å². The topological polar surface area (TPSA) is 161 Å². The highest BCUT2D eigenvalue weighted by atomic mass is 16.6. The van der Waals surface area contributed by atoms with Crippen LogP contribution in [0.4, 0.5) is 0 Å². The molecule has 0 saturated carbocycles. The first-order chi connectivity index (χ1) is 9.07. The van der Waals surface area contributed by atoms with Gasteiger partial charge in [-0.1, -0.05) is 0 Å². The van der Waals surface area contributed by atoms with Crippen LogP contribution in [-0.2, 0) is 38.2 Å². The van der Waals surface area contributed by atoms with Gasteiger partial charge in [-0.3, -0.25) is 9.59 Å². The highest BCUT2D eigenvalue weighted by molar-refractivity contribution is 6.33. The van der Waals surface area contributed by atoms with Gasteiger partial charge in [0.15, 0.2) is 0 Å². The molecule has 2 atom stereocenters. The summed E-state index contributed by atoms with van der Waals surface area (Å²) in [5, 5.41) is 17.5. The lowest BCUT2D eigenvalue weighted by Crippen LogP contribution is -2.47. The monoisotopic (exact) mass is 290 g/mol. The first-order valence-electron chi connectivity index (χ1n) is 4.96. The number of hydrogen-bond donors (Lipinski definition) is 2. The van der Waals surface area contributed by atoms with E-state index in [2.05, 4.69) is 9.47 Å². The van der Waals surface area contributed by atoms with E-state index in [0.717, 1.165) is 13.8 Å².